The van der Waals surface area contributed by atoms with Gasteiger partial charge in [-0.1, -0.05) is 0 Å². The molecule has 0 aromatic rings. The number of fused-ring (bicyclic) bond motifs is 1. The average Bonchev–Trinajstić information content (AvgIpc) is 2.75. The summed E-state index contributed by atoms with van der Waals surface area (Å²) in [5, 5.41) is 48.4. The van der Waals surface area contributed by atoms with Crippen LogP contribution in [0.2, 0.25) is 0 Å². The van der Waals surface area contributed by atoms with Crippen LogP contribution in [0.5, 0.6) is 0 Å². The van der Waals surface area contributed by atoms with Crippen LogP contribution in [0.25, 0.3) is 0 Å². The largest absolute Gasteiger partial charge is 0.395 e. The quantitative estimate of drug-likeness (QED) is 0.360. The van der Waals surface area contributed by atoms with E-state index in [0.29, 0.717) is 32.6 Å². The van der Waals surface area contributed by atoms with E-state index in [9.17, 15) is 15.3 Å². The lowest BCUT2D eigenvalue weighted by molar-refractivity contribution is -0.127. The Bertz CT molecular complexity index is 287. The fraction of sp³-hybridized carbons (Fsp3) is 1.00. The molecule has 7 heteroatoms. The number of aliphatic hydroxyl groups excluding tert-OH is 5. The van der Waals surface area contributed by atoms with Gasteiger partial charge in [-0.05, 0) is 6.42 Å². The Morgan fingerprint density at radius 1 is 1.00 bits per heavy atom. The van der Waals surface area contributed by atoms with E-state index in [2.05, 4.69) is 0 Å². The molecule has 7 nitrogen and oxygen atoms in total. The highest BCUT2D eigenvalue weighted by atomic mass is 16.3. The van der Waals surface area contributed by atoms with E-state index < -0.39 is 24.4 Å². The number of hydrogen-bond donors (Lipinski definition) is 5. The highest BCUT2D eigenvalue weighted by Crippen LogP contribution is 2.30. The van der Waals surface area contributed by atoms with E-state index in [4.69, 9.17) is 10.2 Å². The first-order chi connectivity index (χ1) is 9.10. The van der Waals surface area contributed by atoms with Crippen molar-refractivity contribution in [2.45, 2.75) is 36.8 Å². The van der Waals surface area contributed by atoms with Gasteiger partial charge in [0.15, 0.2) is 0 Å². The van der Waals surface area contributed by atoms with Gasteiger partial charge in [0.25, 0.3) is 0 Å². The van der Waals surface area contributed by atoms with Gasteiger partial charge >= 0.3 is 0 Å². The maximum atomic E-state index is 10.2. The van der Waals surface area contributed by atoms with Gasteiger partial charge in [-0.25, -0.2) is 0 Å². The summed E-state index contributed by atoms with van der Waals surface area (Å²) in [7, 11) is 0. The third kappa shape index (κ3) is 2.92. The molecule has 2 saturated heterocycles. The highest BCUT2D eigenvalue weighted by Gasteiger charge is 2.49. The summed E-state index contributed by atoms with van der Waals surface area (Å²) in [5.74, 6) is 0. The molecule has 2 fully saturated rings. The summed E-state index contributed by atoms with van der Waals surface area (Å²) in [4.78, 5) is 3.77. The van der Waals surface area contributed by atoms with Gasteiger partial charge < -0.3 is 25.5 Å². The van der Waals surface area contributed by atoms with Crippen LogP contribution in [-0.2, 0) is 0 Å². The Kier molecular flexibility index (Phi) is 5.13. The Labute approximate surface area is 112 Å². The first kappa shape index (κ1) is 15.1. The SMILES string of the molecule is OCCN(CCO)[C@H]1CN2CCC(O)C2[C@@H](O)[C@@H]1O. The maximum absolute atomic E-state index is 10.2. The Hall–Kier alpha value is -0.280. The summed E-state index contributed by atoms with van der Waals surface area (Å²) in [6.07, 6.45) is -1.99. The molecule has 2 aliphatic heterocycles. The molecule has 5 N–H and O–H groups in total. The minimum atomic E-state index is -1.00. The zero-order valence-electron chi connectivity index (χ0n) is 11.0. The molecular weight excluding hydrogens is 252 g/mol. The lowest BCUT2D eigenvalue weighted by Gasteiger charge is -2.46. The summed E-state index contributed by atoms with van der Waals surface area (Å²) in [6, 6.07) is -0.743. The predicted molar refractivity (Wildman–Crippen MR) is 67.5 cm³/mol. The van der Waals surface area contributed by atoms with E-state index >= 15 is 0 Å². The van der Waals surface area contributed by atoms with Gasteiger partial charge in [0.05, 0.1) is 43.6 Å². The van der Waals surface area contributed by atoms with Crippen LogP contribution >= 0.6 is 0 Å². The van der Waals surface area contributed by atoms with E-state index in [-0.39, 0.29) is 19.3 Å². The lowest BCUT2D eigenvalue weighted by Crippen LogP contribution is -2.66. The molecule has 0 spiro atoms. The van der Waals surface area contributed by atoms with Gasteiger partial charge in [-0.3, -0.25) is 9.80 Å². The minimum Gasteiger partial charge on any atom is -0.395 e. The van der Waals surface area contributed by atoms with Gasteiger partial charge in [-0.15, -0.1) is 0 Å². The third-order valence-corrected chi connectivity index (χ3v) is 4.29. The minimum absolute atomic E-state index is 0.0641. The van der Waals surface area contributed by atoms with Crippen molar-refractivity contribution >= 4 is 0 Å². The molecule has 2 rings (SSSR count). The molecule has 2 heterocycles. The Balaban J connectivity index is 2.09. The van der Waals surface area contributed by atoms with E-state index in [1.165, 1.54) is 0 Å². The van der Waals surface area contributed by atoms with Crippen LogP contribution < -0.4 is 0 Å². The van der Waals surface area contributed by atoms with Crippen molar-refractivity contribution in [3.05, 3.63) is 0 Å². The zero-order chi connectivity index (χ0) is 14.0. The standard InChI is InChI=1S/C12H24N2O5/c15-5-3-13(4-6-16)8-7-14-2-1-9(17)10(14)12(19)11(8)18/h8-12,15-19H,1-7H2/t8-,9?,10?,11+,12+/m0/s1. The van der Waals surface area contributed by atoms with Crippen LogP contribution in [0.4, 0.5) is 0 Å². The Morgan fingerprint density at radius 2 is 1.63 bits per heavy atom. The molecule has 0 saturated carbocycles. The van der Waals surface area contributed by atoms with Crippen molar-refractivity contribution in [2.75, 3.05) is 39.4 Å². The molecule has 0 aromatic heterocycles. The predicted octanol–water partition coefficient (Wildman–Crippen LogP) is -3.19. The van der Waals surface area contributed by atoms with Crippen molar-refractivity contribution < 1.29 is 25.5 Å². The van der Waals surface area contributed by atoms with Crippen molar-refractivity contribution in [1.82, 2.24) is 9.80 Å². The van der Waals surface area contributed by atoms with Gasteiger partial charge in [-0.2, -0.15) is 0 Å². The first-order valence-electron chi connectivity index (χ1n) is 6.84. The van der Waals surface area contributed by atoms with E-state index in [1.54, 1.807) is 4.90 Å². The molecule has 0 bridgehead atoms. The van der Waals surface area contributed by atoms with Crippen LogP contribution in [0, 0.1) is 0 Å². The van der Waals surface area contributed by atoms with E-state index in [0.717, 1.165) is 0 Å². The van der Waals surface area contributed by atoms with Crippen LogP contribution in [0.3, 0.4) is 0 Å². The normalized spacial score (nSPS) is 39.8. The number of nitrogens with zero attached hydrogens (tertiary/aromatic N) is 2. The van der Waals surface area contributed by atoms with Gasteiger partial charge in [0, 0.05) is 26.2 Å². The first-order valence-corrected chi connectivity index (χ1v) is 6.84. The van der Waals surface area contributed by atoms with E-state index in [1.807, 2.05) is 4.90 Å². The second kappa shape index (κ2) is 6.45. The summed E-state index contributed by atoms with van der Waals surface area (Å²) in [6.45, 7) is 1.78. The lowest BCUT2D eigenvalue weighted by atomic mass is 9.90. The summed E-state index contributed by atoms with van der Waals surface area (Å²) < 4.78 is 0. The van der Waals surface area contributed by atoms with Crippen molar-refractivity contribution in [1.29, 1.82) is 0 Å². The average molecular weight is 276 g/mol. The molecule has 0 aliphatic carbocycles. The number of piperidine rings is 1. The molecule has 0 amide bonds. The second-order valence-corrected chi connectivity index (χ2v) is 5.37. The number of aliphatic hydroxyl groups is 5. The molecule has 2 unspecified atom stereocenters. The highest BCUT2D eigenvalue weighted by molar-refractivity contribution is 5.04. The van der Waals surface area contributed by atoms with Crippen molar-refractivity contribution in [3.63, 3.8) is 0 Å². The number of rotatable bonds is 5. The molecule has 0 radical (unpaired) electrons. The van der Waals surface area contributed by atoms with Crippen LogP contribution in [0.15, 0.2) is 0 Å². The van der Waals surface area contributed by atoms with Gasteiger partial charge in [0.2, 0.25) is 0 Å². The van der Waals surface area contributed by atoms with Crippen LogP contribution in [0.1, 0.15) is 6.42 Å². The topological polar surface area (TPSA) is 108 Å². The molecule has 112 valence electrons. The summed E-state index contributed by atoms with van der Waals surface area (Å²) >= 11 is 0. The molecular formula is C12H24N2O5. The monoisotopic (exact) mass is 276 g/mol. The van der Waals surface area contributed by atoms with Crippen LogP contribution in [-0.4, -0.2) is 105 Å². The molecule has 2 aliphatic rings. The van der Waals surface area contributed by atoms with Crippen molar-refractivity contribution in [2.24, 2.45) is 0 Å². The Morgan fingerprint density at radius 3 is 2.21 bits per heavy atom. The fourth-order valence-electron chi connectivity index (χ4n) is 3.33. The summed E-state index contributed by atoms with van der Waals surface area (Å²) in [5.41, 5.74) is 0. The smallest absolute Gasteiger partial charge is 0.0994 e. The zero-order valence-corrected chi connectivity index (χ0v) is 11.0. The molecule has 0 aromatic carbocycles. The molecule has 19 heavy (non-hydrogen) atoms. The van der Waals surface area contributed by atoms with Gasteiger partial charge in [0.1, 0.15) is 0 Å². The fourth-order valence-corrected chi connectivity index (χ4v) is 3.33. The maximum Gasteiger partial charge on any atom is 0.0994 e. The van der Waals surface area contributed by atoms with Crippen molar-refractivity contribution in [3.8, 4) is 0 Å². The third-order valence-electron chi connectivity index (χ3n) is 4.29. The second-order valence-electron chi connectivity index (χ2n) is 5.37. The number of hydrogen-bond acceptors (Lipinski definition) is 7. The molecule has 5 atom stereocenters.